The number of ether oxygens (including phenoxy) is 1. The SMILES string of the molecule is Cc1cc(=O)c2cc3c(c([NH+]4C=C5C=CN=C5C4)c2o1)O[C@](C)(C1CCCCC1)[C@H](OOC[C@H](O)[C@](O)(C[NH+]1C=CC2=NC=CC21)[C@H](O)[C@H](O)CO)C3. The van der Waals surface area contributed by atoms with Gasteiger partial charge in [0.25, 0.3) is 0 Å². The molecule has 0 bridgehead atoms. The molecule has 1 aromatic carbocycles. The van der Waals surface area contributed by atoms with Crippen molar-refractivity contribution in [3.63, 3.8) is 0 Å². The number of aryl methyl sites for hydroxylation is 1. The van der Waals surface area contributed by atoms with Crippen LogP contribution in [0.3, 0.4) is 0 Å². The van der Waals surface area contributed by atoms with E-state index in [1.165, 1.54) is 6.07 Å². The third-order valence-electron chi connectivity index (χ3n) is 12.0. The molecule has 0 amide bonds. The van der Waals surface area contributed by atoms with Gasteiger partial charge in [-0.25, -0.2) is 9.78 Å². The van der Waals surface area contributed by atoms with E-state index in [0.29, 0.717) is 40.3 Å². The van der Waals surface area contributed by atoms with Crippen molar-refractivity contribution < 1.29 is 54.3 Å². The zero-order valence-corrected chi connectivity index (χ0v) is 29.9. The lowest BCUT2D eigenvalue weighted by Crippen LogP contribution is -3.13. The summed E-state index contributed by atoms with van der Waals surface area (Å²) in [4.78, 5) is 35.8. The Morgan fingerprint density at radius 2 is 1.92 bits per heavy atom. The normalized spacial score (nSPS) is 30.3. The van der Waals surface area contributed by atoms with Crippen molar-refractivity contribution in [1.29, 1.82) is 0 Å². The minimum Gasteiger partial charge on any atom is -0.478 e. The number of nitrogens with zero attached hydrogens (tertiary/aromatic N) is 2. The second-order valence-corrected chi connectivity index (χ2v) is 15.4. The minimum absolute atomic E-state index is 0.0916. The Labute approximate surface area is 306 Å². The topological polar surface area (TPSA) is 193 Å². The van der Waals surface area contributed by atoms with Crippen LogP contribution in [-0.4, -0.2) is 105 Å². The number of benzene rings is 1. The van der Waals surface area contributed by atoms with Crippen LogP contribution in [0.15, 0.2) is 79.9 Å². The van der Waals surface area contributed by atoms with Gasteiger partial charge in [0, 0.05) is 42.4 Å². The first-order valence-corrected chi connectivity index (χ1v) is 18.5. The minimum atomic E-state index is -2.32. The summed E-state index contributed by atoms with van der Waals surface area (Å²) in [6.45, 7) is 2.72. The number of aliphatic hydroxyl groups is 5. The maximum Gasteiger partial charge on any atom is 0.222 e. The molecule has 14 heteroatoms. The molecular weight excluding hydrogens is 684 g/mol. The van der Waals surface area contributed by atoms with Crippen LogP contribution in [0.1, 0.15) is 50.4 Å². The third kappa shape index (κ3) is 6.35. The van der Waals surface area contributed by atoms with E-state index >= 15 is 0 Å². The molecule has 14 nitrogen and oxygen atoms in total. The molecule has 53 heavy (non-hydrogen) atoms. The largest absolute Gasteiger partial charge is 0.478 e. The Bertz CT molecular complexity index is 2010. The first-order chi connectivity index (χ1) is 25.5. The summed E-state index contributed by atoms with van der Waals surface area (Å²) in [7, 11) is 0. The molecule has 3 unspecified atom stereocenters. The Morgan fingerprint density at radius 1 is 1.11 bits per heavy atom. The number of nitrogens with one attached hydrogen (secondary N) is 2. The van der Waals surface area contributed by atoms with Gasteiger partial charge in [0.2, 0.25) is 11.3 Å². The summed E-state index contributed by atoms with van der Waals surface area (Å²) < 4.78 is 13.4. The fraction of sp³-hybridized carbons (Fsp3) is 0.513. The summed E-state index contributed by atoms with van der Waals surface area (Å²) >= 11 is 0. The van der Waals surface area contributed by atoms with Crippen LogP contribution < -0.4 is 20.0 Å². The number of quaternary nitrogens is 2. The van der Waals surface area contributed by atoms with E-state index < -0.39 is 48.8 Å². The fourth-order valence-electron chi connectivity index (χ4n) is 8.91. The van der Waals surface area contributed by atoms with Gasteiger partial charge in [-0.2, -0.15) is 0 Å². The number of aliphatic imine (C=N–C) groups is 2. The molecule has 1 fully saturated rings. The Morgan fingerprint density at radius 3 is 2.70 bits per heavy atom. The number of hydrogen-bond donors (Lipinski definition) is 7. The molecule has 2 aromatic rings. The summed E-state index contributed by atoms with van der Waals surface area (Å²) in [5, 5.41) is 54.8. The van der Waals surface area contributed by atoms with Gasteiger partial charge in [-0.05, 0) is 44.9 Å². The lowest BCUT2D eigenvalue weighted by Gasteiger charge is -2.47. The van der Waals surface area contributed by atoms with Crippen LogP contribution in [0, 0.1) is 12.8 Å². The number of fused-ring (bicyclic) bond motifs is 4. The fourth-order valence-corrected chi connectivity index (χ4v) is 8.91. The van der Waals surface area contributed by atoms with E-state index in [9.17, 15) is 30.3 Å². The number of hydrogen-bond acceptors (Lipinski definition) is 12. The van der Waals surface area contributed by atoms with Gasteiger partial charge < -0.3 is 34.7 Å². The number of allylic oxidation sites excluding steroid dienone is 1. The van der Waals surface area contributed by atoms with E-state index in [0.717, 1.165) is 65.3 Å². The number of aliphatic hydroxyl groups excluding tert-OH is 4. The molecule has 0 radical (unpaired) electrons. The van der Waals surface area contributed by atoms with Crippen molar-refractivity contribution >= 4 is 28.1 Å². The van der Waals surface area contributed by atoms with Crippen molar-refractivity contribution in [2.75, 3.05) is 26.3 Å². The lowest BCUT2D eigenvalue weighted by atomic mass is 9.72. The van der Waals surface area contributed by atoms with Gasteiger partial charge in [-0.3, -0.25) is 24.6 Å². The maximum absolute atomic E-state index is 13.4. The molecule has 0 spiro atoms. The van der Waals surface area contributed by atoms with E-state index in [-0.39, 0.29) is 23.9 Å². The predicted octanol–water partition coefficient (Wildman–Crippen LogP) is -0.370. The molecule has 6 aliphatic rings. The highest BCUT2D eigenvalue weighted by atomic mass is 17.2. The van der Waals surface area contributed by atoms with Crippen LogP contribution in [0.25, 0.3) is 11.0 Å². The standard InChI is InChI=1S/C39H46N4O10/c1-22-14-30(45)26-15-24-16-33(53-50-20-32(47)39(49,37(48)31(46)19-44)21-42-13-10-27-29(42)9-12-40-27)38(2,25-6-4-3-5-7-25)52-35(24)34(36(26)51-22)43-17-23-8-11-41-28(23)18-43/h8-15,17,25,29,31-33,37,44,46-49H,3-7,16,18-21H2,1-2H3/p+2/t29?,31-,32+,33-,37-,38-,39-/m1/s1. The average molecular weight is 733 g/mol. The van der Waals surface area contributed by atoms with Crippen molar-refractivity contribution in [2.45, 2.75) is 94.0 Å². The molecule has 8 rings (SSSR count). The monoisotopic (exact) mass is 732 g/mol. The molecule has 1 saturated carbocycles. The van der Waals surface area contributed by atoms with Gasteiger partial charge >= 0.3 is 0 Å². The second-order valence-electron chi connectivity index (χ2n) is 15.4. The van der Waals surface area contributed by atoms with Crippen LogP contribution >= 0.6 is 0 Å². The van der Waals surface area contributed by atoms with Crippen molar-refractivity contribution in [3.8, 4) is 5.75 Å². The van der Waals surface area contributed by atoms with E-state index in [4.69, 9.17) is 18.9 Å². The van der Waals surface area contributed by atoms with Gasteiger partial charge in [0.1, 0.15) is 73.1 Å². The maximum atomic E-state index is 13.4. The third-order valence-corrected chi connectivity index (χ3v) is 12.0. The zero-order chi connectivity index (χ0) is 37.1. The summed E-state index contributed by atoms with van der Waals surface area (Å²) in [5.74, 6) is 1.23. The van der Waals surface area contributed by atoms with Crippen LogP contribution in [0.5, 0.6) is 5.75 Å². The highest BCUT2D eigenvalue weighted by Gasteiger charge is 2.53. The summed E-state index contributed by atoms with van der Waals surface area (Å²) in [6, 6.07) is 3.06. The van der Waals surface area contributed by atoms with Crippen LogP contribution in [0.2, 0.25) is 0 Å². The Kier molecular flexibility index (Phi) is 9.62. The molecule has 7 N–H and O–H groups in total. The first kappa shape index (κ1) is 36.2. The van der Waals surface area contributed by atoms with Crippen molar-refractivity contribution in [3.05, 3.63) is 82.3 Å². The molecule has 282 valence electrons. The molecular formula is C39H48N4O10+2. The quantitative estimate of drug-likeness (QED) is 0.112. The first-order valence-electron chi connectivity index (χ1n) is 18.5. The van der Waals surface area contributed by atoms with E-state index in [2.05, 4.69) is 16.2 Å². The highest BCUT2D eigenvalue weighted by molar-refractivity contribution is 6.07. The van der Waals surface area contributed by atoms with Crippen LogP contribution in [0.4, 0.5) is 5.69 Å². The van der Waals surface area contributed by atoms with Crippen molar-refractivity contribution in [1.82, 2.24) is 0 Å². The molecule has 0 saturated heterocycles. The lowest BCUT2D eigenvalue weighted by molar-refractivity contribution is -0.861. The molecule has 1 aliphatic carbocycles. The highest BCUT2D eigenvalue weighted by Crippen LogP contribution is 2.48. The Balaban J connectivity index is 1.10. The smallest absolute Gasteiger partial charge is 0.222 e. The molecule has 5 aliphatic heterocycles. The van der Waals surface area contributed by atoms with Gasteiger partial charge in [0.05, 0.1) is 23.8 Å². The van der Waals surface area contributed by atoms with E-state index in [1.807, 2.05) is 19.1 Å². The van der Waals surface area contributed by atoms with E-state index in [1.54, 1.807) is 37.7 Å². The molecule has 1 aromatic heterocycles. The molecule has 9 atom stereocenters. The summed E-state index contributed by atoms with van der Waals surface area (Å²) in [5.41, 5.74) is 1.31. The van der Waals surface area contributed by atoms with Crippen molar-refractivity contribution in [2.24, 2.45) is 15.9 Å². The van der Waals surface area contributed by atoms with Gasteiger partial charge in [-0.1, -0.05) is 19.3 Å². The second kappa shape index (κ2) is 14.1. The van der Waals surface area contributed by atoms with Gasteiger partial charge in [0.15, 0.2) is 22.8 Å². The predicted molar refractivity (Wildman–Crippen MR) is 193 cm³/mol. The number of rotatable bonds is 12. The average Bonchev–Trinajstić information content (AvgIpc) is 3.95. The summed E-state index contributed by atoms with van der Waals surface area (Å²) in [6.07, 6.45) is 12.1. The molecule has 6 heterocycles. The zero-order valence-electron chi connectivity index (χ0n) is 29.9. The Hall–Kier alpha value is -3.83. The van der Waals surface area contributed by atoms with Crippen LogP contribution in [-0.2, 0) is 16.2 Å². The van der Waals surface area contributed by atoms with Gasteiger partial charge in [-0.15, -0.1) is 0 Å².